The SMILES string of the molecule is CCOc1cc([C@H](CS(C)(=O)=O)n2c(=O)[nH]c3cc(C#N)cnc32)ccc1OC. The van der Waals surface area contributed by atoms with Gasteiger partial charge in [-0.25, -0.2) is 18.2 Å². The van der Waals surface area contributed by atoms with Crippen LogP contribution in [0.15, 0.2) is 35.3 Å². The summed E-state index contributed by atoms with van der Waals surface area (Å²) in [6, 6.07) is 7.62. The van der Waals surface area contributed by atoms with Crippen molar-refractivity contribution in [2.24, 2.45) is 0 Å². The first-order valence-electron chi connectivity index (χ1n) is 8.76. The van der Waals surface area contributed by atoms with Gasteiger partial charge in [0.1, 0.15) is 15.9 Å². The van der Waals surface area contributed by atoms with Crippen LogP contribution in [0.25, 0.3) is 11.2 Å². The Kier molecular flexibility index (Phi) is 5.61. The zero-order valence-electron chi connectivity index (χ0n) is 16.2. The van der Waals surface area contributed by atoms with Crippen molar-refractivity contribution in [1.82, 2.24) is 14.5 Å². The van der Waals surface area contributed by atoms with E-state index in [1.54, 1.807) is 18.2 Å². The fourth-order valence-corrected chi connectivity index (χ4v) is 4.05. The normalized spacial score (nSPS) is 12.5. The molecule has 0 unspecified atom stereocenters. The average molecular weight is 416 g/mol. The minimum atomic E-state index is -3.46. The van der Waals surface area contributed by atoms with Gasteiger partial charge < -0.3 is 14.5 Å². The number of nitrogens with one attached hydrogen (secondary N) is 1. The lowest BCUT2D eigenvalue weighted by Crippen LogP contribution is -2.28. The summed E-state index contributed by atoms with van der Waals surface area (Å²) in [6.07, 6.45) is 2.44. The van der Waals surface area contributed by atoms with E-state index in [2.05, 4.69) is 9.97 Å². The molecule has 29 heavy (non-hydrogen) atoms. The highest BCUT2D eigenvalue weighted by atomic mass is 32.2. The number of imidazole rings is 1. The second-order valence-electron chi connectivity index (χ2n) is 6.46. The Hall–Kier alpha value is -3.32. The van der Waals surface area contributed by atoms with Gasteiger partial charge in [0.2, 0.25) is 0 Å². The number of aromatic amines is 1. The van der Waals surface area contributed by atoms with Gasteiger partial charge >= 0.3 is 5.69 Å². The number of H-pyrrole nitrogens is 1. The minimum absolute atomic E-state index is 0.261. The highest BCUT2D eigenvalue weighted by Gasteiger charge is 2.25. The molecule has 0 aliphatic heterocycles. The third kappa shape index (κ3) is 4.25. The van der Waals surface area contributed by atoms with Gasteiger partial charge in [-0.05, 0) is 30.7 Å². The van der Waals surface area contributed by atoms with E-state index >= 15 is 0 Å². The second-order valence-corrected chi connectivity index (χ2v) is 8.64. The molecule has 1 atom stereocenters. The van der Waals surface area contributed by atoms with Crippen molar-refractivity contribution < 1.29 is 17.9 Å². The molecule has 1 aromatic carbocycles. The quantitative estimate of drug-likeness (QED) is 0.620. The molecule has 0 spiro atoms. The molecule has 0 saturated carbocycles. The molecule has 3 rings (SSSR count). The average Bonchev–Trinajstić information content (AvgIpc) is 3.00. The molecule has 0 aliphatic carbocycles. The van der Waals surface area contributed by atoms with Gasteiger partial charge in [-0.2, -0.15) is 5.26 Å². The summed E-state index contributed by atoms with van der Waals surface area (Å²) in [7, 11) is -1.96. The van der Waals surface area contributed by atoms with Gasteiger partial charge in [-0.3, -0.25) is 4.57 Å². The summed E-state index contributed by atoms with van der Waals surface area (Å²) in [5.41, 5.74) is 0.926. The lowest BCUT2D eigenvalue weighted by molar-refractivity contribution is 0.310. The summed E-state index contributed by atoms with van der Waals surface area (Å²) in [5, 5.41) is 9.05. The molecule has 1 N–H and O–H groups in total. The third-order valence-electron chi connectivity index (χ3n) is 4.33. The highest BCUT2D eigenvalue weighted by molar-refractivity contribution is 7.90. The molecule has 0 fully saturated rings. The number of ether oxygens (including phenoxy) is 2. The van der Waals surface area contributed by atoms with Crippen molar-refractivity contribution in [1.29, 1.82) is 5.26 Å². The molecule has 0 radical (unpaired) electrons. The molecule has 2 aromatic heterocycles. The molecule has 10 heteroatoms. The molecule has 0 saturated heterocycles. The first-order valence-corrected chi connectivity index (χ1v) is 10.8. The van der Waals surface area contributed by atoms with E-state index in [1.807, 2.05) is 13.0 Å². The summed E-state index contributed by atoms with van der Waals surface area (Å²) < 4.78 is 36.5. The van der Waals surface area contributed by atoms with Crippen LogP contribution in [0.3, 0.4) is 0 Å². The maximum absolute atomic E-state index is 12.7. The maximum Gasteiger partial charge on any atom is 0.328 e. The van der Waals surface area contributed by atoms with E-state index in [4.69, 9.17) is 14.7 Å². The van der Waals surface area contributed by atoms with E-state index in [-0.39, 0.29) is 17.0 Å². The number of methoxy groups -OCH3 is 1. The van der Waals surface area contributed by atoms with Gasteiger partial charge in [0.25, 0.3) is 0 Å². The van der Waals surface area contributed by atoms with Crippen LogP contribution < -0.4 is 15.2 Å². The largest absolute Gasteiger partial charge is 0.493 e. The summed E-state index contributed by atoms with van der Waals surface area (Å²) in [5.74, 6) is 0.620. The third-order valence-corrected chi connectivity index (χ3v) is 5.25. The Morgan fingerprint density at radius 1 is 1.31 bits per heavy atom. The number of sulfone groups is 1. The van der Waals surface area contributed by atoms with Crippen LogP contribution >= 0.6 is 0 Å². The lowest BCUT2D eigenvalue weighted by atomic mass is 10.1. The van der Waals surface area contributed by atoms with E-state index in [9.17, 15) is 13.2 Å². The Balaban J connectivity index is 2.24. The first kappa shape index (κ1) is 20.4. The standard InChI is InChI=1S/C19H20N4O5S/c1-4-28-17-8-13(5-6-16(17)27-2)15(11-29(3,25)26)23-18-14(22-19(23)24)7-12(9-20)10-21-18/h5-8,10,15H,4,11H2,1-3H3,(H,22,24)/t15-/m0/s1. The monoisotopic (exact) mass is 416 g/mol. The number of aromatic nitrogens is 3. The van der Waals surface area contributed by atoms with Crippen LogP contribution in [0.1, 0.15) is 24.1 Å². The number of pyridine rings is 1. The van der Waals surface area contributed by atoms with Crippen molar-refractivity contribution in [3.63, 3.8) is 0 Å². The fourth-order valence-electron chi connectivity index (χ4n) is 3.14. The number of benzene rings is 1. The predicted octanol–water partition coefficient (Wildman–Crippen LogP) is 1.64. The second kappa shape index (κ2) is 7.97. The fraction of sp³-hybridized carbons (Fsp3) is 0.316. The molecule has 0 bridgehead atoms. The molecule has 3 aromatic rings. The Bertz CT molecular complexity index is 1250. The topological polar surface area (TPSA) is 127 Å². The summed E-state index contributed by atoms with van der Waals surface area (Å²) in [6.45, 7) is 2.21. The van der Waals surface area contributed by atoms with E-state index in [1.165, 1.54) is 23.9 Å². The van der Waals surface area contributed by atoms with E-state index < -0.39 is 21.6 Å². The number of rotatable bonds is 7. The lowest BCUT2D eigenvalue weighted by Gasteiger charge is -2.20. The van der Waals surface area contributed by atoms with Crippen LogP contribution in [-0.4, -0.2) is 48.7 Å². The van der Waals surface area contributed by atoms with Gasteiger partial charge in [-0.1, -0.05) is 6.07 Å². The molecule has 2 heterocycles. The van der Waals surface area contributed by atoms with Crippen molar-refractivity contribution in [2.75, 3.05) is 25.7 Å². The van der Waals surface area contributed by atoms with Crippen molar-refractivity contribution in [3.8, 4) is 17.6 Å². The van der Waals surface area contributed by atoms with Crippen LogP contribution in [0.5, 0.6) is 11.5 Å². The number of nitriles is 1. The van der Waals surface area contributed by atoms with Crippen LogP contribution in [-0.2, 0) is 9.84 Å². The number of nitrogens with zero attached hydrogens (tertiary/aromatic N) is 3. The van der Waals surface area contributed by atoms with Crippen molar-refractivity contribution >= 4 is 21.0 Å². The van der Waals surface area contributed by atoms with Crippen molar-refractivity contribution in [3.05, 3.63) is 52.1 Å². The van der Waals surface area contributed by atoms with Crippen LogP contribution in [0.2, 0.25) is 0 Å². The Morgan fingerprint density at radius 2 is 2.07 bits per heavy atom. The van der Waals surface area contributed by atoms with Crippen molar-refractivity contribution in [2.45, 2.75) is 13.0 Å². The molecular weight excluding hydrogens is 396 g/mol. The smallest absolute Gasteiger partial charge is 0.328 e. The molecule has 0 amide bonds. The first-order chi connectivity index (χ1) is 13.8. The highest BCUT2D eigenvalue weighted by Crippen LogP contribution is 2.32. The van der Waals surface area contributed by atoms with Crippen LogP contribution in [0.4, 0.5) is 0 Å². The maximum atomic E-state index is 12.7. The molecule has 152 valence electrons. The Morgan fingerprint density at radius 3 is 2.69 bits per heavy atom. The van der Waals surface area contributed by atoms with E-state index in [0.717, 1.165) is 6.26 Å². The zero-order chi connectivity index (χ0) is 21.2. The number of fused-ring (bicyclic) bond motifs is 1. The summed E-state index contributed by atoms with van der Waals surface area (Å²) in [4.78, 5) is 19.5. The molecule has 9 nitrogen and oxygen atoms in total. The number of hydrogen-bond acceptors (Lipinski definition) is 7. The van der Waals surface area contributed by atoms with E-state index in [0.29, 0.717) is 29.2 Å². The van der Waals surface area contributed by atoms with Crippen LogP contribution in [0, 0.1) is 11.3 Å². The van der Waals surface area contributed by atoms with Gasteiger partial charge in [0.05, 0.1) is 36.6 Å². The number of hydrogen-bond donors (Lipinski definition) is 1. The predicted molar refractivity (Wildman–Crippen MR) is 107 cm³/mol. The Labute approximate surface area is 167 Å². The minimum Gasteiger partial charge on any atom is -0.493 e. The zero-order valence-corrected chi connectivity index (χ0v) is 17.0. The molecule has 0 aliphatic rings. The van der Waals surface area contributed by atoms with Gasteiger partial charge in [-0.15, -0.1) is 0 Å². The van der Waals surface area contributed by atoms with Gasteiger partial charge in [0, 0.05) is 12.5 Å². The summed E-state index contributed by atoms with van der Waals surface area (Å²) >= 11 is 0. The molecular formula is C19H20N4O5S. The van der Waals surface area contributed by atoms with Gasteiger partial charge in [0.15, 0.2) is 17.1 Å².